The molecular weight excluding hydrogens is 450 g/mol. The number of carbonyl (C=O) groups is 1. The van der Waals surface area contributed by atoms with E-state index in [1.165, 1.54) is 0 Å². The number of aromatic nitrogens is 2. The molecule has 0 radical (unpaired) electrons. The van der Waals surface area contributed by atoms with Crippen LogP contribution in [0.2, 0.25) is 0 Å². The number of carbonyl (C=O) groups excluding carboxylic acids is 1. The summed E-state index contributed by atoms with van der Waals surface area (Å²) in [5, 5.41) is 0. The van der Waals surface area contributed by atoms with Gasteiger partial charge in [-0.05, 0) is 74.4 Å². The third-order valence-electron chi connectivity index (χ3n) is 7.01. The van der Waals surface area contributed by atoms with Gasteiger partial charge in [0.05, 0.1) is 18.7 Å². The molecule has 36 heavy (non-hydrogen) atoms. The number of nitrogens with zero attached hydrogens (tertiary/aromatic N) is 3. The van der Waals surface area contributed by atoms with Crippen molar-refractivity contribution in [2.24, 2.45) is 5.41 Å². The van der Waals surface area contributed by atoms with Gasteiger partial charge in [0.2, 0.25) is 0 Å². The minimum Gasteiger partial charge on any atom is -0.489 e. The number of hydrogen-bond acceptors (Lipinski definition) is 6. The van der Waals surface area contributed by atoms with E-state index in [9.17, 15) is 4.79 Å². The van der Waals surface area contributed by atoms with Crippen LogP contribution < -0.4 is 9.64 Å². The Morgan fingerprint density at radius 3 is 2.31 bits per heavy atom. The van der Waals surface area contributed by atoms with Crippen LogP contribution in [0.5, 0.6) is 5.75 Å². The molecule has 6 nitrogen and oxygen atoms in total. The highest BCUT2D eigenvalue weighted by Gasteiger charge is 2.30. The summed E-state index contributed by atoms with van der Waals surface area (Å²) >= 11 is 0. The van der Waals surface area contributed by atoms with Gasteiger partial charge in [0.25, 0.3) is 0 Å². The van der Waals surface area contributed by atoms with Crippen molar-refractivity contribution in [2.45, 2.75) is 60.5 Å². The maximum Gasteiger partial charge on any atom is 0.310 e. The van der Waals surface area contributed by atoms with E-state index in [2.05, 4.69) is 42.8 Å². The second kappa shape index (κ2) is 11.1. The Morgan fingerprint density at radius 1 is 1.00 bits per heavy atom. The van der Waals surface area contributed by atoms with E-state index in [4.69, 9.17) is 14.5 Å². The summed E-state index contributed by atoms with van der Waals surface area (Å²) in [5.41, 5.74) is 7.49. The quantitative estimate of drug-likeness (QED) is 0.359. The Bertz CT molecular complexity index is 1180. The monoisotopic (exact) mass is 487 g/mol. The molecule has 1 saturated heterocycles. The summed E-state index contributed by atoms with van der Waals surface area (Å²) in [6.45, 7) is 13.3. The Hall–Kier alpha value is -3.41. The van der Waals surface area contributed by atoms with Crippen molar-refractivity contribution in [3.63, 3.8) is 0 Å². The molecule has 0 saturated carbocycles. The van der Waals surface area contributed by atoms with Gasteiger partial charge in [0.15, 0.2) is 0 Å². The first kappa shape index (κ1) is 25.7. The Morgan fingerprint density at radius 2 is 1.67 bits per heavy atom. The molecule has 190 valence electrons. The lowest BCUT2D eigenvalue weighted by Gasteiger charge is -2.40. The molecule has 0 N–H and O–H groups in total. The molecule has 1 fully saturated rings. The van der Waals surface area contributed by atoms with Crippen LogP contribution in [-0.4, -0.2) is 35.6 Å². The Balaban J connectivity index is 1.70. The third-order valence-corrected chi connectivity index (χ3v) is 7.01. The first-order valence-corrected chi connectivity index (χ1v) is 12.8. The Kier molecular flexibility index (Phi) is 7.92. The maximum absolute atomic E-state index is 12.6. The molecule has 1 aliphatic heterocycles. The molecule has 2 aromatic heterocycles. The third kappa shape index (κ3) is 6.04. The molecule has 0 amide bonds. The number of aryl methyl sites for hydroxylation is 2. The molecular formula is C30H37N3O3. The van der Waals surface area contributed by atoms with E-state index in [1.807, 2.05) is 38.1 Å². The predicted molar refractivity (Wildman–Crippen MR) is 143 cm³/mol. The van der Waals surface area contributed by atoms with Gasteiger partial charge in [-0.1, -0.05) is 26.0 Å². The normalized spacial score (nSPS) is 15.0. The van der Waals surface area contributed by atoms with Gasteiger partial charge < -0.3 is 14.4 Å². The Labute approximate surface area is 214 Å². The summed E-state index contributed by atoms with van der Waals surface area (Å²) in [4.78, 5) is 24.0. The van der Waals surface area contributed by atoms with Crippen LogP contribution in [-0.2, 0) is 22.6 Å². The van der Waals surface area contributed by atoms with E-state index < -0.39 is 0 Å². The zero-order valence-electron chi connectivity index (χ0n) is 22.1. The van der Waals surface area contributed by atoms with Crippen LogP contribution in [0.15, 0.2) is 48.8 Å². The average molecular weight is 488 g/mol. The fourth-order valence-electron chi connectivity index (χ4n) is 4.83. The van der Waals surface area contributed by atoms with Crippen LogP contribution in [0.3, 0.4) is 0 Å². The van der Waals surface area contributed by atoms with E-state index in [0.29, 0.717) is 18.6 Å². The number of piperidine rings is 1. The van der Waals surface area contributed by atoms with Crippen molar-refractivity contribution in [1.29, 1.82) is 0 Å². The minimum absolute atomic E-state index is 0.212. The molecule has 1 aromatic carbocycles. The van der Waals surface area contributed by atoms with Crippen molar-refractivity contribution in [3.05, 3.63) is 71.3 Å². The first-order valence-electron chi connectivity index (χ1n) is 12.8. The van der Waals surface area contributed by atoms with Gasteiger partial charge in [-0.25, -0.2) is 0 Å². The minimum atomic E-state index is -0.212. The molecule has 3 aromatic rings. The van der Waals surface area contributed by atoms with Gasteiger partial charge in [0, 0.05) is 48.0 Å². The van der Waals surface area contributed by atoms with E-state index in [1.54, 1.807) is 12.4 Å². The molecule has 0 unspecified atom stereocenters. The summed E-state index contributed by atoms with van der Waals surface area (Å²) in [5.74, 6) is 0.594. The standard InChI is InChI=1S/C30H37N3O3/c1-6-35-27(34)19-26-21(2)32-22(3)28(29(26)33-17-13-30(4,5)14-18-33)24-7-9-25(10-8-24)36-20-23-11-15-31-16-12-23/h7-12,15-16H,6,13-14,17-20H2,1-5H3. The lowest BCUT2D eigenvalue weighted by atomic mass is 9.82. The summed E-state index contributed by atoms with van der Waals surface area (Å²) in [6, 6.07) is 12.1. The molecule has 1 aliphatic rings. The molecule has 3 heterocycles. The van der Waals surface area contributed by atoms with Gasteiger partial charge >= 0.3 is 5.97 Å². The predicted octanol–water partition coefficient (Wildman–Crippen LogP) is 6.07. The highest BCUT2D eigenvalue weighted by molar-refractivity contribution is 5.86. The number of hydrogen-bond donors (Lipinski definition) is 0. The lowest BCUT2D eigenvalue weighted by Crippen LogP contribution is -2.38. The smallest absolute Gasteiger partial charge is 0.310 e. The van der Waals surface area contributed by atoms with Crippen LogP contribution in [0.25, 0.3) is 11.1 Å². The van der Waals surface area contributed by atoms with Crippen molar-refractivity contribution in [3.8, 4) is 16.9 Å². The number of pyridine rings is 2. The van der Waals surface area contributed by atoms with Crippen molar-refractivity contribution < 1.29 is 14.3 Å². The van der Waals surface area contributed by atoms with Gasteiger partial charge in [-0.3, -0.25) is 14.8 Å². The fraction of sp³-hybridized carbons (Fsp3) is 0.433. The zero-order chi connectivity index (χ0) is 25.7. The largest absolute Gasteiger partial charge is 0.489 e. The second-order valence-electron chi connectivity index (χ2n) is 10.3. The van der Waals surface area contributed by atoms with Crippen molar-refractivity contribution in [2.75, 3.05) is 24.6 Å². The first-order chi connectivity index (χ1) is 17.3. The second-order valence-corrected chi connectivity index (χ2v) is 10.3. The van der Waals surface area contributed by atoms with Crippen LogP contribution >= 0.6 is 0 Å². The molecule has 0 bridgehead atoms. The SMILES string of the molecule is CCOC(=O)Cc1c(C)nc(C)c(-c2ccc(OCc3ccncc3)cc2)c1N1CCC(C)(C)CC1. The highest BCUT2D eigenvalue weighted by Crippen LogP contribution is 2.41. The van der Waals surface area contributed by atoms with Gasteiger partial charge in [0.1, 0.15) is 12.4 Å². The molecule has 0 spiro atoms. The van der Waals surface area contributed by atoms with E-state index in [-0.39, 0.29) is 12.4 Å². The fourth-order valence-corrected chi connectivity index (χ4v) is 4.83. The lowest BCUT2D eigenvalue weighted by molar-refractivity contribution is -0.142. The van der Waals surface area contributed by atoms with Crippen molar-refractivity contribution >= 4 is 11.7 Å². The van der Waals surface area contributed by atoms with E-state index >= 15 is 0 Å². The van der Waals surface area contributed by atoms with Crippen molar-refractivity contribution in [1.82, 2.24) is 9.97 Å². The number of ether oxygens (including phenoxy) is 2. The maximum atomic E-state index is 12.6. The molecule has 0 atom stereocenters. The van der Waals surface area contributed by atoms with Gasteiger partial charge in [-0.15, -0.1) is 0 Å². The topological polar surface area (TPSA) is 64.5 Å². The molecule has 4 rings (SSSR count). The number of rotatable bonds is 8. The number of esters is 1. The zero-order valence-corrected chi connectivity index (χ0v) is 22.1. The van der Waals surface area contributed by atoms with Crippen LogP contribution in [0, 0.1) is 19.3 Å². The van der Waals surface area contributed by atoms with Gasteiger partial charge in [-0.2, -0.15) is 0 Å². The summed E-state index contributed by atoms with van der Waals surface area (Å²) < 4.78 is 11.3. The van der Waals surface area contributed by atoms with Crippen LogP contribution in [0.4, 0.5) is 5.69 Å². The summed E-state index contributed by atoms with van der Waals surface area (Å²) in [6.07, 6.45) is 5.97. The van der Waals surface area contributed by atoms with E-state index in [0.717, 1.165) is 71.0 Å². The highest BCUT2D eigenvalue weighted by atomic mass is 16.5. The average Bonchev–Trinajstić information content (AvgIpc) is 2.86. The number of anilines is 1. The van der Waals surface area contributed by atoms with Crippen LogP contribution in [0.1, 0.15) is 56.1 Å². The summed E-state index contributed by atoms with van der Waals surface area (Å²) in [7, 11) is 0. The number of benzene rings is 1. The molecule has 6 heteroatoms. The molecule has 0 aliphatic carbocycles.